The van der Waals surface area contributed by atoms with Crippen LogP contribution in [0, 0.1) is 5.92 Å². The van der Waals surface area contributed by atoms with Gasteiger partial charge in [-0.3, -0.25) is 9.59 Å². The Morgan fingerprint density at radius 1 is 0.886 bits per heavy atom. The molecule has 1 aromatic heterocycles. The monoisotopic (exact) mass is 604 g/mol. The van der Waals surface area contributed by atoms with Crippen LogP contribution in [-0.4, -0.2) is 72.0 Å². The molecule has 44 heavy (non-hydrogen) atoms. The first-order valence-electron chi connectivity index (χ1n) is 15.2. The quantitative estimate of drug-likeness (QED) is 0.243. The third-order valence-electron chi connectivity index (χ3n) is 8.15. The zero-order valence-corrected chi connectivity index (χ0v) is 24.8. The summed E-state index contributed by atoms with van der Waals surface area (Å²) < 4.78 is 17.9. The van der Waals surface area contributed by atoms with Gasteiger partial charge in [0.05, 0.1) is 12.6 Å². The smallest absolute Gasteiger partial charge is 0.404 e. The van der Waals surface area contributed by atoms with Crippen molar-refractivity contribution in [3.05, 3.63) is 60.2 Å². The van der Waals surface area contributed by atoms with E-state index in [0.29, 0.717) is 54.9 Å². The van der Waals surface area contributed by atoms with Gasteiger partial charge in [-0.25, -0.2) is 9.48 Å². The number of hydrogen-bond acceptors (Lipinski definition) is 8. The number of para-hydroxylation sites is 1. The fourth-order valence-electron chi connectivity index (χ4n) is 5.96. The molecule has 1 atom stereocenters. The minimum absolute atomic E-state index is 0.103. The van der Waals surface area contributed by atoms with Gasteiger partial charge in [0.1, 0.15) is 35.2 Å². The van der Waals surface area contributed by atoms with E-state index in [-0.39, 0.29) is 25.2 Å². The number of rotatable bonds is 13. The summed E-state index contributed by atoms with van der Waals surface area (Å²) in [6, 6.07) is 17.1. The van der Waals surface area contributed by atoms with E-state index >= 15 is 0 Å². The van der Waals surface area contributed by atoms with Gasteiger partial charge in [-0.2, -0.15) is 5.10 Å². The van der Waals surface area contributed by atoms with Crippen LogP contribution in [0.1, 0.15) is 54.9 Å². The number of likely N-dealkylation sites (tertiary alicyclic amines) is 1. The molecule has 12 nitrogen and oxygen atoms in total. The molecule has 0 radical (unpaired) electrons. The second kappa shape index (κ2) is 14.7. The Kier molecular flexibility index (Phi) is 10.3. The molecule has 2 aliphatic rings. The summed E-state index contributed by atoms with van der Waals surface area (Å²) in [6.07, 6.45) is 3.76. The molecular weight excluding hydrogens is 564 g/mol. The highest BCUT2D eigenvalue weighted by Crippen LogP contribution is 2.40. The Bertz CT molecular complexity index is 1420. The van der Waals surface area contributed by atoms with Crippen molar-refractivity contribution in [2.75, 3.05) is 44.8 Å². The molecule has 2 aliphatic heterocycles. The summed E-state index contributed by atoms with van der Waals surface area (Å²) in [5.74, 6) is 2.04. The standard InChI is InChI=1S/C32H40N6O6/c33-30(40)28-29(23-9-11-25(12-10-23)44-24-6-2-1-3-7-24)36-38-26(13-16-35-31(28)38)22-14-17-37(18-15-22)27(39)8-4-5-19-42-20-21-43-32(34)41/h1-3,6-7,9-12,22,26,35H,4-5,8,13-21H2,(H2,33,40)(H2,34,41)/t26-/m0/s1. The van der Waals surface area contributed by atoms with Crippen LogP contribution in [0.15, 0.2) is 54.6 Å². The summed E-state index contributed by atoms with van der Waals surface area (Å²) in [6.45, 7) is 3.03. The molecule has 5 rings (SSSR count). The molecule has 3 heterocycles. The maximum absolute atomic E-state index is 12.8. The maximum Gasteiger partial charge on any atom is 0.404 e. The molecule has 3 aromatic rings. The van der Waals surface area contributed by atoms with Crippen LogP contribution in [-0.2, 0) is 14.3 Å². The number of aromatic nitrogens is 2. The SMILES string of the molecule is NC(=O)OCCOCCCCC(=O)N1CCC([C@@H]2CCNc3c(C(N)=O)c(-c4ccc(Oc5ccccc5)cc4)nn32)CC1. The highest BCUT2D eigenvalue weighted by atomic mass is 16.6. The van der Waals surface area contributed by atoms with Crippen molar-refractivity contribution < 1.29 is 28.6 Å². The molecule has 234 valence electrons. The highest BCUT2D eigenvalue weighted by molar-refractivity contribution is 6.03. The number of carbonyl (C=O) groups excluding carboxylic acids is 3. The number of amides is 3. The number of nitrogens with one attached hydrogen (secondary N) is 1. The van der Waals surface area contributed by atoms with Gasteiger partial charge in [0.15, 0.2) is 0 Å². The molecule has 0 aliphatic carbocycles. The molecule has 12 heteroatoms. The van der Waals surface area contributed by atoms with Crippen LogP contribution >= 0.6 is 0 Å². The number of nitrogens with two attached hydrogens (primary N) is 2. The molecular formula is C32H40N6O6. The van der Waals surface area contributed by atoms with Crippen molar-refractivity contribution in [3.8, 4) is 22.8 Å². The zero-order valence-electron chi connectivity index (χ0n) is 24.8. The van der Waals surface area contributed by atoms with Gasteiger partial charge in [0, 0.05) is 38.2 Å². The van der Waals surface area contributed by atoms with Crippen molar-refractivity contribution in [1.82, 2.24) is 14.7 Å². The second-order valence-corrected chi connectivity index (χ2v) is 11.1. The van der Waals surface area contributed by atoms with Crippen molar-refractivity contribution >= 4 is 23.7 Å². The molecule has 3 amide bonds. The van der Waals surface area contributed by atoms with Crippen molar-refractivity contribution in [2.45, 2.75) is 44.6 Å². The lowest BCUT2D eigenvalue weighted by molar-refractivity contribution is -0.133. The van der Waals surface area contributed by atoms with Crippen LogP contribution in [0.2, 0.25) is 0 Å². The van der Waals surface area contributed by atoms with Crippen LogP contribution in [0.5, 0.6) is 11.5 Å². The Morgan fingerprint density at radius 2 is 1.61 bits per heavy atom. The third-order valence-corrected chi connectivity index (χ3v) is 8.15. The lowest BCUT2D eigenvalue weighted by Gasteiger charge is -2.38. The summed E-state index contributed by atoms with van der Waals surface area (Å²) in [5, 5.41) is 8.31. The third kappa shape index (κ3) is 7.67. The number of hydrogen-bond donors (Lipinski definition) is 3. The highest BCUT2D eigenvalue weighted by Gasteiger charge is 2.35. The van der Waals surface area contributed by atoms with E-state index in [1.54, 1.807) is 0 Å². The van der Waals surface area contributed by atoms with Crippen LogP contribution in [0.3, 0.4) is 0 Å². The van der Waals surface area contributed by atoms with Crippen LogP contribution in [0.25, 0.3) is 11.3 Å². The van der Waals surface area contributed by atoms with E-state index in [9.17, 15) is 14.4 Å². The number of nitrogens with zero attached hydrogens (tertiary/aromatic N) is 3. The van der Waals surface area contributed by atoms with Gasteiger partial charge in [0.2, 0.25) is 5.91 Å². The predicted octanol–water partition coefficient (Wildman–Crippen LogP) is 4.32. The van der Waals surface area contributed by atoms with E-state index in [1.165, 1.54) is 0 Å². The summed E-state index contributed by atoms with van der Waals surface area (Å²) >= 11 is 0. The number of unbranched alkanes of at least 4 members (excludes halogenated alkanes) is 1. The molecule has 1 fully saturated rings. The summed E-state index contributed by atoms with van der Waals surface area (Å²) in [5.41, 5.74) is 12.5. The largest absolute Gasteiger partial charge is 0.457 e. The lowest BCUT2D eigenvalue weighted by Crippen LogP contribution is -2.41. The van der Waals surface area contributed by atoms with Crippen molar-refractivity contribution in [1.29, 1.82) is 0 Å². The zero-order chi connectivity index (χ0) is 30.9. The van der Waals surface area contributed by atoms with Gasteiger partial charge in [-0.1, -0.05) is 18.2 Å². The fraction of sp³-hybridized carbons (Fsp3) is 0.438. The number of primary amides is 2. The molecule has 1 saturated heterocycles. The summed E-state index contributed by atoms with van der Waals surface area (Å²) in [4.78, 5) is 38.0. The van der Waals surface area contributed by atoms with Crippen molar-refractivity contribution in [3.63, 3.8) is 0 Å². The van der Waals surface area contributed by atoms with Crippen LogP contribution < -0.4 is 21.5 Å². The topological polar surface area (TPSA) is 164 Å². The first kappa shape index (κ1) is 30.9. The van der Waals surface area contributed by atoms with E-state index < -0.39 is 12.0 Å². The van der Waals surface area contributed by atoms with Crippen molar-refractivity contribution in [2.24, 2.45) is 17.4 Å². The number of anilines is 1. The van der Waals surface area contributed by atoms with Gasteiger partial charge in [-0.05, 0) is 74.4 Å². The van der Waals surface area contributed by atoms with Gasteiger partial charge >= 0.3 is 6.09 Å². The normalized spacial score (nSPS) is 16.5. The summed E-state index contributed by atoms with van der Waals surface area (Å²) in [7, 11) is 0. The van der Waals surface area contributed by atoms with Crippen LogP contribution in [0.4, 0.5) is 10.6 Å². The fourth-order valence-corrected chi connectivity index (χ4v) is 5.96. The number of benzene rings is 2. The second-order valence-electron chi connectivity index (χ2n) is 11.1. The maximum atomic E-state index is 12.8. The lowest BCUT2D eigenvalue weighted by atomic mass is 9.86. The van der Waals surface area contributed by atoms with E-state index in [2.05, 4.69) is 10.1 Å². The van der Waals surface area contributed by atoms with Gasteiger partial charge in [-0.15, -0.1) is 0 Å². The first-order chi connectivity index (χ1) is 21.4. The first-order valence-corrected chi connectivity index (χ1v) is 15.2. The number of carbonyl (C=O) groups is 3. The molecule has 5 N–H and O–H groups in total. The molecule has 0 unspecified atom stereocenters. The minimum Gasteiger partial charge on any atom is -0.457 e. The Hall–Kier alpha value is -4.58. The van der Waals surface area contributed by atoms with Gasteiger partial charge < -0.3 is 35.9 Å². The van der Waals surface area contributed by atoms with E-state index in [1.807, 2.05) is 64.2 Å². The van der Waals surface area contributed by atoms with Gasteiger partial charge in [0.25, 0.3) is 5.91 Å². The number of fused-ring (bicyclic) bond motifs is 1. The Morgan fingerprint density at radius 3 is 2.32 bits per heavy atom. The minimum atomic E-state index is -0.815. The van der Waals surface area contributed by atoms with E-state index in [0.717, 1.165) is 50.0 Å². The molecule has 2 aromatic carbocycles. The number of piperidine rings is 1. The van der Waals surface area contributed by atoms with E-state index in [4.69, 9.17) is 26.0 Å². The average molecular weight is 605 g/mol. The molecule has 0 bridgehead atoms. The predicted molar refractivity (Wildman–Crippen MR) is 164 cm³/mol. The number of ether oxygens (including phenoxy) is 3. The Balaban J connectivity index is 1.17. The average Bonchev–Trinajstić information content (AvgIpc) is 3.43. The Labute approximate surface area is 256 Å². The molecule has 0 spiro atoms. The molecule has 0 saturated carbocycles.